The molecule has 0 unspecified atom stereocenters. The first kappa shape index (κ1) is 17.4. The van der Waals surface area contributed by atoms with Gasteiger partial charge < -0.3 is 4.74 Å². The van der Waals surface area contributed by atoms with Gasteiger partial charge in [0.15, 0.2) is 5.69 Å². The molecule has 0 saturated carbocycles. The molecule has 0 radical (unpaired) electrons. The Kier molecular flexibility index (Phi) is 4.58. The number of aryl methyl sites for hydroxylation is 1. The van der Waals surface area contributed by atoms with E-state index in [2.05, 4.69) is 20.4 Å². The van der Waals surface area contributed by atoms with Gasteiger partial charge in [-0.25, -0.2) is 0 Å². The Bertz CT molecular complexity index is 958. The van der Waals surface area contributed by atoms with Gasteiger partial charge in [-0.15, -0.1) is 5.10 Å². The van der Waals surface area contributed by atoms with Crippen molar-refractivity contribution in [3.05, 3.63) is 59.0 Å². The number of pyridine rings is 1. The summed E-state index contributed by atoms with van der Waals surface area (Å²) in [6.45, 7) is 1.90. The van der Waals surface area contributed by atoms with Crippen LogP contribution in [0, 0.1) is 18.3 Å². The number of alkyl halides is 3. The lowest BCUT2D eigenvalue weighted by Crippen LogP contribution is -2.08. The van der Waals surface area contributed by atoms with Crippen LogP contribution in [-0.4, -0.2) is 20.4 Å². The molecule has 26 heavy (non-hydrogen) atoms. The summed E-state index contributed by atoms with van der Waals surface area (Å²) in [7, 11) is 0. The van der Waals surface area contributed by atoms with E-state index in [0.717, 1.165) is 17.8 Å². The van der Waals surface area contributed by atoms with Gasteiger partial charge in [0, 0.05) is 17.3 Å². The number of aromatic nitrogens is 4. The molecule has 6 nitrogen and oxygen atoms in total. The topological polar surface area (TPSA) is 87.5 Å². The maximum Gasteiger partial charge on any atom is 0.433 e. The zero-order chi connectivity index (χ0) is 18.7. The highest BCUT2D eigenvalue weighted by Gasteiger charge is 2.31. The van der Waals surface area contributed by atoms with Crippen LogP contribution in [0.5, 0.6) is 5.75 Å². The lowest BCUT2D eigenvalue weighted by molar-refractivity contribution is -0.141. The van der Waals surface area contributed by atoms with Crippen molar-refractivity contribution in [2.75, 3.05) is 0 Å². The molecule has 0 amide bonds. The minimum absolute atomic E-state index is 0.0535. The minimum atomic E-state index is -4.47. The summed E-state index contributed by atoms with van der Waals surface area (Å²) in [5.41, 5.74) is 1.63. The molecule has 0 bridgehead atoms. The van der Waals surface area contributed by atoms with Gasteiger partial charge in [0.25, 0.3) is 0 Å². The van der Waals surface area contributed by atoms with Gasteiger partial charge >= 0.3 is 6.18 Å². The highest BCUT2D eigenvalue weighted by atomic mass is 19.4. The first-order valence-electron chi connectivity index (χ1n) is 7.44. The van der Waals surface area contributed by atoms with E-state index in [1.54, 1.807) is 12.1 Å². The van der Waals surface area contributed by atoms with Crippen LogP contribution in [0.2, 0.25) is 0 Å². The van der Waals surface area contributed by atoms with Crippen molar-refractivity contribution in [2.45, 2.75) is 19.7 Å². The van der Waals surface area contributed by atoms with Crippen molar-refractivity contribution < 1.29 is 17.9 Å². The molecule has 0 saturated heterocycles. The third-order valence-corrected chi connectivity index (χ3v) is 3.50. The number of halogens is 3. The summed E-state index contributed by atoms with van der Waals surface area (Å²) in [5, 5.41) is 19.2. The molecule has 0 spiro atoms. The third-order valence-electron chi connectivity index (χ3n) is 3.50. The van der Waals surface area contributed by atoms with Crippen LogP contribution in [0.4, 0.5) is 13.2 Å². The minimum Gasteiger partial charge on any atom is -0.489 e. The lowest BCUT2D eigenvalue weighted by atomic mass is 10.1. The Labute approximate surface area is 146 Å². The molecule has 0 fully saturated rings. The summed E-state index contributed by atoms with van der Waals surface area (Å²) in [4.78, 5) is 3.40. The zero-order valence-electron chi connectivity index (χ0n) is 13.5. The molecular weight excluding hydrogens is 347 g/mol. The SMILES string of the molecule is Cc1cc(OCc2ccc(C(F)(F)F)nc2)cc(-c2n[nH]nc2C#N)c1. The fourth-order valence-electron chi connectivity index (χ4n) is 2.32. The molecule has 0 aliphatic rings. The molecule has 0 atom stereocenters. The van der Waals surface area contributed by atoms with Crippen molar-refractivity contribution in [1.82, 2.24) is 20.4 Å². The standard InChI is InChI=1S/C17H12F3N5O/c1-10-4-12(16-14(7-21)23-25-24-16)6-13(5-10)26-9-11-2-3-15(22-8-11)17(18,19)20/h2-6,8H,9H2,1H3,(H,23,24,25). The number of H-pyrrole nitrogens is 1. The second-order valence-corrected chi connectivity index (χ2v) is 5.51. The Morgan fingerprint density at radius 2 is 2.00 bits per heavy atom. The van der Waals surface area contributed by atoms with Crippen LogP contribution in [-0.2, 0) is 12.8 Å². The van der Waals surface area contributed by atoms with Crippen LogP contribution in [0.25, 0.3) is 11.3 Å². The van der Waals surface area contributed by atoms with E-state index in [9.17, 15) is 13.2 Å². The largest absolute Gasteiger partial charge is 0.489 e. The average Bonchev–Trinajstić information content (AvgIpc) is 3.08. The van der Waals surface area contributed by atoms with Gasteiger partial charge in [0.2, 0.25) is 0 Å². The van der Waals surface area contributed by atoms with Gasteiger partial charge in [-0.3, -0.25) is 4.98 Å². The third kappa shape index (κ3) is 3.80. The van der Waals surface area contributed by atoms with Crippen LogP contribution in [0.1, 0.15) is 22.5 Å². The summed E-state index contributed by atoms with van der Waals surface area (Å²) in [6.07, 6.45) is -3.34. The number of benzene rings is 1. The van der Waals surface area contributed by atoms with E-state index < -0.39 is 11.9 Å². The molecular formula is C17H12F3N5O. The maximum absolute atomic E-state index is 12.5. The molecule has 3 rings (SSSR count). The van der Waals surface area contributed by atoms with Gasteiger partial charge in [-0.05, 0) is 36.8 Å². The normalized spacial score (nSPS) is 11.2. The Hall–Kier alpha value is -3.41. The van der Waals surface area contributed by atoms with Crippen molar-refractivity contribution >= 4 is 0 Å². The highest BCUT2D eigenvalue weighted by Crippen LogP contribution is 2.28. The zero-order valence-corrected chi connectivity index (χ0v) is 13.5. The van der Waals surface area contributed by atoms with E-state index in [4.69, 9.17) is 10.00 Å². The number of aromatic amines is 1. The number of nitrogens with zero attached hydrogens (tertiary/aromatic N) is 4. The predicted molar refractivity (Wildman–Crippen MR) is 84.8 cm³/mol. The fraction of sp³-hybridized carbons (Fsp3) is 0.176. The van der Waals surface area contributed by atoms with Gasteiger partial charge in [-0.2, -0.15) is 28.7 Å². The number of nitriles is 1. The van der Waals surface area contributed by atoms with E-state index in [1.165, 1.54) is 6.07 Å². The smallest absolute Gasteiger partial charge is 0.433 e. The molecule has 1 aromatic carbocycles. The number of ether oxygens (including phenoxy) is 1. The van der Waals surface area contributed by atoms with E-state index in [0.29, 0.717) is 22.6 Å². The molecule has 0 aliphatic carbocycles. The Balaban J connectivity index is 1.78. The summed E-state index contributed by atoms with van der Waals surface area (Å²) >= 11 is 0. The summed E-state index contributed by atoms with van der Waals surface area (Å²) in [6, 6.07) is 9.45. The summed E-state index contributed by atoms with van der Waals surface area (Å²) in [5.74, 6) is 0.492. The molecule has 0 aliphatic heterocycles. The first-order chi connectivity index (χ1) is 12.4. The van der Waals surface area contributed by atoms with Gasteiger partial charge in [-0.1, -0.05) is 6.07 Å². The van der Waals surface area contributed by atoms with Gasteiger partial charge in [0.05, 0.1) is 0 Å². The van der Waals surface area contributed by atoms with Crippen LogP contribution < -0.4 is 4.74 Å². The maximum atomic E-state index is 12.5. The average molecular weight is 359 g/mol. The predicted octanol–water partition coefficient (Wildman–Crippen LogP) is 3.64. The molecule has 1 N–H and O–H groups in total. The number of hydrogen-bond acceptors (Lipinski definition) is 5. The molecule has 2 aromatic heterocycles. The monoisotopic (exact) mass is 359 g/mol. The quantitative estimate of drug-likeness (QED) is 0.768. The van der Waals surface area contributed by atoms with Crippen LogP contribution >= 0.6 is 0 Å². The van der Waals surface area contributed by atoms with Crippen molar-refractivity contribution in [3.63, 3.8) is 0 Å². The fourth-order valence-corrected chi connectivity index (χ4v) is 2.32. The second-order valence-electron chi connectivity index (χ2n) is 5.51. The van der Waals surface area contributed by atoms with E-state index in [1.807, 2.05) is 19.1 Å². The van der Waals surface area contributed by atoms with Crippen LogP contribution in [0.15, 0.2) is 36.5 Å². The first-order valence-corrected chi connectivity index (χ1v) is 7.44. The van der Waals surface area contributed by atoms with Crippen molar-refractivity contribution in [2.24, 2.45) is 0 Å². The molecule has 132 valence electrons. The lowest BCUT2D eigenvalue weighted by Gasteiger charge is -2.10. The Morgan fingerprint density at radius 3 is 2.65 bits per heavy atom. The Morgan fingerprint density at radius 1 is 1.19 bits per heavy atom. The van der Waals surface area contributed by atoms with E-state index >= 15 is 0 Å². The molecule has 3 aromatic rings. The number of nitrogens with one attached hydrogen (secondary N) is 1. The second kappa shape index (κ2) is 6.84. The number of hydrogen-bond donors (Lipinski definition) is 1. The van der Waals surface area contributed by atoms with Crippen LogP contribution in [0.3, 0.4) is 0 Å². The number of rotatable bonds is 4. The molecule has 9 heteroatoms. The summed E-state index contributed by atoms with van der Waals surface area (Å²) < 4.78 is 43.2. The van der Waals surface area contributed by atoms with E-state index in [-0.39, 0.29) is 12.3 Å². The van der Waals surface area contributed by atoms with Gasteiger partial charge in [0.1, 0.15) is 29.8 Å². The van der Waals surface area contributed by atoms with Crippen molar-refractivity contribution in [1.29, 1.82) is 5.26 Å². The van der Waals surface area contributed by atoms with Crippen molar-refractivity contribution in [3.8, 4) is 23.1 Å². The highest BCUT2D eigenvalue weighted by molar-refractivity contribution is 5.66. The molecule has 2 heterocycles.